The molecule has 0 aliphatic heterocycles. The number of unbranched alkanes of at least 4 members (excludes halogenated alkanes) is 8. The van der Waals surface area contributed by atoms with Gasteiger partial charge in [0.05, 0.1) is 0 Å². The van der Waals surface area contributed by atoms with E-state index in [2.05, 4.69) is 13.8 Å². The molecule has 0 spiro atoms. The molecule has 2 nitrogen and oxygen atoms in total. The van der Waals surface area contributed by atoms with Crippen molar-refractivity contribution < 1.29 is 23.2 Å². The van der Waals surface area contributed by atoms with E-state index in [1.165, 1.54) is 51.4 Å². The molecule has 0 aromatic heterocycles. The topological polar surface area (TPSA) is 40.1 Å². The van der Waals surface area contributed by atoms with Crippen LogP contribution in [-0.2, 0) is 19.1 Å². The zero-order valence-corrected chi connectivity index (χ0v) is 10.4. The van der Waals surface area contributed by atoms with Crippen LogP contribution in [0.25, 0.3) is 0 Å². The van der Waals surface area contributed by atoms with Crippen molar-refractivity contribution in [2.24, 2.45) is 0 Å². The quantitative estimate of drug-likeness (QED) is 0.373. The predicted octanol–water partition coefficient (Wildman–Crippen LogP) is 3.04. The third kappa shape index (κ3) is 22.8. The van der Waals surface area contributed by atoms with Gasteiger partial charge in [0.25, 0.3) is 0 Å². The molecule has 0 radical (unpaired) electrons. The van der Waals surface area contributed by atoms with Gasteiger partial charge >= 0.3 is 23.2 Å². The SMILES string of the molecule is [CH2-]CCCCCCCCCC.[O]=[Mn][O-]. The average Bonchev–Trinajstić information content (AvgIpc) is 2.18. The molecule has 88 valence electrons. The fourth-order valence-corrected chi connectivity index (χ4v) is 1.31. The van der Waals surface area contributed by atoms with E-state index in [1.807, 2.05) is 0 Å². The third-order valence-corrected chi connectivity index (χ3v) is 2.10. The standard InChI is InChI=1S/C11H23.Mn.2O/c1-3-5-7-9-11-10-8-6-4-2;;;/h1,3-11H2,2H3;;;/q-1;;;-1. The molecule has 3 heteroatoms. The maximum absolute atomic E-state index is 8.41. The van der Waals surface area contributed by atoms with E-state index < -0.39 is 15.2 Å². The molecule has 0 aliphatic carbocycles. The Morgan fingerprint density at radius 1 is 1.00 bits per heavy atom. The van der Waals surface area contributed by atoms with E-state index >= 15 is 0 Å². The Balaban J connectivity index is 0. The van der Waals surface area contributed by atoms with Crippen LogP contribution in [0.3, 0.4) is 0 Å². The second-order valence-electron chi connectivity index (χ2n) is 3.39. The van der Waals surface area contributed by atoms with Gasteiger partial charge in [-0.2, -0.15) is 6.42 Å². The molecule has 0 rings (SSSR count). The van der Waals surface area contributed by atoms with Crippen LogP contribution in [0.2, 0.25) is 0 Å². The zero-order chi connectivity index (χ0) is 11.1. The van der Waals surface area contributed by atoms with Crippen LogP contribution in [-0.4, -0.2) is 0 Å². The summed E-state index contributed by atoms with van der Waals surface area (Å²) in [5.41, 5.74) is 0. The van der Waals surface area contributed by atoms with Crippen molar-refractivity contribution in [2.45, 2.75) is 64.7 Å². The van der Waals surface area contributed by atoms with Crippen molar-refractivity contribution in [3.8, 4) is 0 Å². The van der Waals surface area contributed by atoms with Crippen molar-refractivity contribution in [3.63, 3.8) is 0 Å². The first-order valence-electron chi connectivity index (χ1n) is 5.52. The number of hydrogen-bond acceptors (Lipinski definition) is 2. The van der Waals surface area contributed by atoms with Gasteiger partial charge in [-0.3, -0.25) is 0 Å². The molecule has 0 bridgehead atoms. The Kier molecular flexibility index (Phi) is 22.6. The summed E-state index contributed by atoms with van der Waals surface area (Å²) in [4.78, 5) is 0. The Labute approximate surface area is 95.2 Å². The molecule has 0 aromatic carbocycles. The second kappa shape index (κ2) is 18.9. The Bertz CT molecular complexity index is 89.3. The summed E-state index contributed by atoms with van der Waals surface area (Å²) >= 11 is -1.44. The molecule has 0 amide bonds. The van der Waals surface area contributed by atoms with Gasteiger partial charge in [0.1, 0.15) is 0 Å². The summed E-state index contributed by atoms with van der Waals surface area (Å²) in [5.74, 6) is 0. The minimum absolute atomic E-state index is 1.12. The molecule has 0 N–H and O–H groups in total. The number of rotatable bonds is 8. The molecule has 0 fully saturated rings. The summed E-state index contributed by atoms with van der Waals surface area (Å²) in [6.45, 7) is 6.10. The van der Waals surface area contributed by atoms with Crippen LogP contribution in [0.5, 0.6) is 0 Å². The molecule has 0 saturated heterocycles. The van der Waals surface area contributed by atoms with Crippen molar-refractivity contribution in [2.75, 3.05) is 0 Å². The van der Waals surface area contributed by atoms with E-state index in [1.54, 1.807) is 0 Å². The third-order valence-electron chi connectivity index (χ3n) is 2.10. The first-order valence-corrected chi connectivity index (χ1v) is 6.48. The second-order valence-corrected chi connectivity index (χ2v) is 3.59. The normalized spacial score (nSPS) is 9.36. The molecule has 14 heavy (non-hydrogen) atoms. The molecule has 0 aromatic rings. The first-order chi connectivity index (χ1) is 6.83. The van der Waals surface area contributed by atoms with Crippen molar-refractivity contribution >= 4 is 0 Å². The van der Waals surface area contributed by atoms with Gasteiger partial charge < -0.3 is 6.92 Å². The van der Waals surface area contributed by atoms with Gasteiger partial charge in [-0.15, -0.1) is 0 Å². The minimum atomic E-state index is -1.44. The van der Waals surface area contributed by atoms with Crippen LogP contribution in [0.4, 0.5) is 0 Å². The summed E-state index contributed by atoms with van der Waals surface area (Å²) in [7, 11) is 0. The van der Waals surface area contributed by atoms with Crippen molar-refractivity contribution in [1.82, 2.24) is 0 Å². The monoisotopic (exact) mass is 242 g/mol. The number of hydrogen-bond donors (Lipinski definition) is 0. The van der Waals surface area contributed by atoms with E-state index in [9.17, 15) is 0 Å². The van der Waals surface area contributed by atoms with Gasteiger partial charge in [0.15, 0.2) is 0 Å². The summed E-state index contributed by atoms with van der Waals surface area (Å²) in [6.07, 6.45) is 12.4. The maximum atomic E-state index is 8.41. The van der Waals surface area contributed by atoms with Crippen LogP contribution in [0.1, 0.15) is 64.7 Å². The molecule has 0 saturated carbocycles. The summed E-state index contributed by atoms with van der Waals surface area (Å²) < 4.78 is 16.8. The summed E-state index contributed by atoms with van der Waals surface area (Å²) in [5, 5.41) is 0. The predicted molar refractivity (Wildman–Crippen MR) is 53.3 cm³/mol. The average molecular weight is 242 g/mol. The van der Waals surface area contributed by atoms with Gasteiger partial charge in [-0.1, -0.05) is 58.3 Å². The molecular weight excluding hydrogens is 219 g/mol. The van der Waals surface area contributed by atoms with Gasteiger partial charge in [-0.05, 0) is 0 Å². The van der Waals surface area contributed by atoms with Gasteiger partial charge in [-0.25, -0.2) is 0 Å². The van der Waals surface area contributed by atoms with Gasteiger partial charge in [0.2, 0.25) is 0 Å². The fraction of sp³-hybridized carbons (Fsp3) is 0.909. The fourth-order valence-electron chi connectivity index (χ4n) is 1.31. The van der Waals surface area contributed by atoms with Crippen LogP contribution in [0, 0.1) is 6.92 Å². The van der Waals surface area contributed by atoms with E-state index in [4.69, 9.17) is 8.02 Å². The molecule has 0 unspecified atom stereocenters. The first kappa shape index (κ1) is 16.7. The molecule has 0 aliphatic rings. The Morgan fingerprint density at radius 3 is 1.71 bits per heavy atom. The van der Waals surface area contributed by atoms with Gasteiger partial charge in [0, 0.05) is 0 Å². The Morgan fingerprint density at radius 2 is 1.36 bits per heavy atom. The van der Waals surface area contributed by atoms with Crippen LogP contribution in [0.15, 0.2) is 0 Å². The molecule has 0 atom stereocenters. The van der Waals surface area contributed by atoms with Crippen LogP contribution < -0.4 is 4.19 Å². The summed E-state index contributed by atoms with van der Waals surface area (Å²) in [6, 6.07) is 0. The molecule has 0 heterocycles. The van der Waals surface area contributed by atoms with E-state index in [0.717, 1.165) is 6.42 Å². The van der Waals surface area contributed by atoms with Crippen molar-refractivity contribution in [3.05, 3.63) is 6.92 Å². The van der Waals surface area contributed by atoms with E-state index in [0.29, 0.717) is 0 Å². The Hall–Kier alpha value is 0.279. The van der Waals surface area contributed by atoms with Crippen LogP contribution >= 0.6 is 0 Å². The van der Waals surface area contributed by atoms with E-state index in [-0.39, 0.29) is 0 Å². The van der Waals surface area contributed by atoms with Crippen molar-refractivity contribution in [1.29, 1.82) is 0 Å². The zero-order valence-electron chi connectivity index (χ0n) is 9.27. The molecular formula is C11H23MnO2-2.